The summed E-state index contributed by atoms with van der Waals surface area (Å²) in [5.41, 5.74) is 4.10. The standard InChI is InChI=1S/C14H15N3O/c15-17-14(18)16-13(11-7-3-1-4-8-11)12-9-5-2-6-10-12/h1-10,13H,15H2,(H2,16,17,18). The Hall–Kier alpha value is -2.33. The third-order valence-corrected chi connectivity index (χ3v) is 2.67. The summed E-state index contributed by atoms with van der Waals surface area (Å²) in [5.74, 6) is 5.11. The summed E-state index contributed by atoms with van der Waals surface area (Å²) in [6.07, 6.45) is 0. The Morgan fingerprint density at radius 2 is 1.33 bits per heavy atom. The SMILES string of the molecule is NNC(=O)NC(c1ccccc1)c1ccccc1. The summed E-state index contributed by atoms with van der Waals surface area (Å²) in [4.78, 5) is 11.4. The maximum atomic E-state index is 11.4. The van der Waals surface area contributed by atoms with E-state index in [4.69, 9.17) is 5.84 Å². The minimum Gasteiger partial charge on any atom is -0.326 e. The Bertz CT molecular complexity index is 459. The summed E-state index contributed by atoms with van der Waals surface area (Å²) in [7, 11) is 0. The van der Waals surface area contributed by atoms with E-state index in [1.807, 2.05) is 60.7 Å². The van der Waals surface area contributed by atoms with Crippen LogP contribution in [0.2, 0.25) is 0 Å². The first-order valence-corrected chi connectivity index (χ1v) is 5.68. The number of nitrogens with one attached hydrogen (secondary N) is 2. The molecule has 0 aliphatic heterocycles. The summed E-state index contributed by atoms with van der Waals surface area (Å²) >= 11 is 0. The molecule has 2 aromatic carbocycles. The highest BCUT2D eigenvalue weighted by Crippen LogP contribution is 2.21. The molecule has 0 radical (unpaired) electrons. The Balaban J connectivity index is 2.32. The molecule has 0 aliphatic carbocycles. The molecule has 4 N–H and O–H groups in total. The smallest absolute Gasteiger partial charge is 0.326 e. The molecule has 0 heterocycles. The Morgan fingerprint density at radius 3 is 1.72 bits per heavy atom. The van der Waals surface area contributed by atoms with Crippen LogP contribution in [0.4, 0.5) is 4.79 Å². The number of carbonyl (C=O) groups excluding carboxylic acids is 1. The lowest BCUT2D eigenvalue weighted by Gasteiger charge is -2.19. The topological polar surface area (TPSA) is 67.1 Å². The van der Waals surface area contributed by atoms with Crippen molar-refractivity contribution in [3.8, 4) is 0 Å². The largest absolute Gasteiger partial charge is 0.329 e. The third-order valence-electron chi connectivity index (χ3n) is 2.67. The second kappa shape index (κ2) is 5.84. The van der Waals surface area contributed by atoms with Crippen molar-refractivity contribution in [3.63, 3.8) is 0 Å². The highest BCUT2D eigenvalue weighted by atomic mass is 16.2. The fraction of sp³-hybridized carbons (Fsp3) is 0.0714. The number of amides is 2. The lowest BCUT2D eigenvalue weighted by atomic mass is 9.99. The van der Waals surface area contributed by atoms with Crippen LogP contribution in [0.25, 0.3) is 0 Å². The maximum Gasteiger partial charge on any atom is 0.329 e. The van der Waals surface area contributed by atoms with Crippen LogP contribution >= 0.6 is 0 Å². The molecular weight excluding hydrogens is 226 g/mol. The third kappa shape index (κ3) is 2.87. The van der Waals surface area contributed by atoms with Gasteiger partial charge in [0, 0.05) is 0 Å². The molecule has 2 amide bonds. The number of urea groups is 1. The Morgan fingerprint density at radius 1 is 0.889 bits per heavy atom. The number of rotatable bonds is 3. The lowest BCUT2D eigenvalue weighted by Crippen LogP contribution is -2.42. The molecule has 4 nitrogen and oxygen atoms in total. The highest BCUT2D eigenvalue weighted by molar-refractivity contribution is 5.74. The van der Waals surface area contributed by atoms with Crippen molar-refractivity contribution >= 4 is 6.03 Å². The van der Waals surface area contributed by atoms with E-state index in [1.165, 1.54) is 0 Å². The maximum absolute atomic E-state index is 11.4. The van der Waals surface area contributed by atoms with E-state index in [1.54, 1.807) is 0 Å². The fourth-order valence-corrected chi connectivity index (χ4v) is 1.82. The van der Waals surface area contributed by atoms with Crippen molar-refractivity contribution in [2.24, 2.45) is 5.84 Å². The van der Waals surface area contributed by atoms with Crippen LogP contribution < -0.4 is 16.6 Å². The van der Waals surface area contributed by atoms with Crippen LogP contribution in [0.5, 0.6) is 0 Å². The number of nitrogens with two attached hydrogens (primary N) is 1. The predicted octanol–water partition coefficient (Wildman–Crippen LogP) is 1.95. The summed E-state index contributed by atoms with van der Waals surface area (Å²) in [5, 5.41) is 2.82. The molecule has 0 saturated heterocycles. The molecule has 18 heavy (non-hydrogen) atoms. The van der Waals surface area contributed by atoms with Crippen molar-refractivity contribution in [1.82, 2.24) is 10.7 Å². The first-order chi connectivity index (χ1) is 8.81. The van der Waals surface area contributed by atoms with Crippen LogP contribution in [0, 0.1) is 0 Å². The average molecular weight is 241 g/mol. The van der Waals surface area contributed by atoms with Gasteiger partial charge < -0.3 is 5.32 Å². The summed E-state index contributed by atoms with van der Waals surface area (Å²) < 4.78 is 0. The highest BCUT2D eigenvalue weighted by Gasteiger charge is 2.15. The molecule has 0 aromatic heterocycles. The van der Waals surface area contributed by atoms with Crippen molar-refractivity contribution < 1.29 is 4.79 Å². The van der Waals surface area contributed by atoms with Gasteiger partial charge in [-0.15, -0.1) is 0 Å². The Kier molecular flexibility index (Phi) is 3.94. The molecule has 2 aromatic rings. The molecule has 4 heteroatoms. The van der Waals surface area contributed by atoms with E-state index in [-0.39, 0.29) is 6.04 Å². The first kappa shape index (κ1) is 12.1. The predicted molar refractivity (Wildman–Crippen MR) is 70.6 cm³/mol. The van der Waals surface area contributed by atoms with E-state index < -0.39 is 6.03 Å². The van der Waals surface area contributed by atoms with E-state index in [0.717, 1.165) is 11.1 Å². The van der Waals surface area contributed by atoms with Crippen LogP contribution in [-0.4, -0.2) is 6.03 Å². The Labute approximate surface area is 106 Å². The minimum absolute atomic E-state index is 0.212. The van der Waals surface area contributed by atoms with Crippen molar-refractivity contribution in [2.75, 3.05) is 0 Å². The van der Waals surface area contributed by atoms with Crippen molar-refractivity contribution in [3.05, 3.63) is 71.8 Å². The van der Waals surface area contributed by atoms with Crippen LogP contribution in [0.3, 0.4) is 0 Å². The lowest BCUT2D eigenvalue weighted by molar-refractivity contribution is 0.239. The van der Waals surface area contributed by atoms with Gasteiger partial charge in [-0.3, -0.25) is 5.43 Å². The second-order valence-corrected chi connectivity index (χ2v) is 3.87. The van der Waals surface area contributed by atoms with Crippen LogP contribution in [0.1, 0.15) is 17.2 Å². The molecule has 2 rings (SSSR count). The van der Waals surface area contributed by atoms with Gasteiger partial charge in [-0.1, -0.05) is 60.7 Å². The zero-order chi connectivity index (χ0) is 12.8. The van der Waals surface area contributed by atoms with Gasteiger partial charge in [0.05, 0.1) is 6.04 Å². The summed E-state index contributed by atoms with van der Waals surface area (Å²) in [6, 6.07) is 18.9. The zero-order valence-electron chi connectivity index (χ0n) is 9.84. The minimum atomic E-state index is -0.410. The fourth-order valence-electron chi connectivity index (χ4n) is 1.82. The second-order valence-electron chi connectivity index (χ2n) is 3.87. The molecule has 0 bridgehead atoms. The molecule has 0 atom stereocenters. The quantitative estimate of drug-likeness (QED) is 0.437. The monoisotopic (exact) mass is 241 g/mol. The van der Waals surface area contributed by atoms with Gasteiger partial charge >= 0.3 is 6.03 Å². The molecular formula is C14H15N3O. The number of hydrogen-bond donors (Lipinski definition) is 3. The normalized spacial score (nSPS) is 10.1. The van der Waals surface area contributed by atoms with Gasteiger partial charge in [0.2, 0.25) is 0 Å². The van der Waals surface area contributed by atoms with Gasteiger partial charge in [0.1, 0.15) is 0 Å². The average Bonchev–Trinajstić information content (AvgIpc) is 2.46. The molecule has 0 unspecified atom stereocenters. The molecule has 0 fully saturated rings. The number of hydrazine groups is 1. The van der Waals surface area contributed by atoms with Crippen molar-refractivity contribution in [2.45, 2.75) is 6.04 Å². The van der Waals surface area contributed by atoms with Crippen molar-refractivity contribution in [1.29, 1.82) is 0 Å². The molecule has 0 aliphatic rings. The van der Waals surface area contributed by atoms with Crippen LogP contribution in [0.15, 0.2) is 60.7 Å². The van der Waals surface area contributed by atoms with Gasteiger partial charge in [-0.05, 0) is 11.1 Å². The molecule has 0 spiro atoms. The van der Waals surface area contributed by atoms with E-state index in [2.05, 4.69) is 10.7 Å². The molecule has 92 valence electrons. The first-order valence-electron chi connectivity index (χ1n) is 5.68. The zero-order valence-corrected chi connectivity index (χ0v) is 9.84. The number of benzene rings is 2. The van der Waals surface area contributed by atoms with E-state index in [0.29, 0.717) is 0 Å². The van der Waals surface area contributed by atoms with Crippen LogP contribution in [-0.2, 0) is 0 Å². The van der Waals surface area contributed by atoms with Gasteiger partial charge in [0.15, 0.2) is 0 Å². The van der Waals surface area contributed by atoms with E-state index >= 15 is 0 Å². The van der Waals surface area contributed by atoms with Gasteiger partial charge in [-0.2, -0.15) is 0 Å². The number of hydrogen-bond acceptors (Lipinski definition) is 2. The van der Waals surface area contributed by atoms with Gasteiger partial charge in [-0.25, -0.2) is 10.6 Å². The number of carbonyl (C=O) groups is 1. The summed E-state index contributed by atoms with van der Waals surface area (Å²) in [6.45, 7) is 0. The van der Waals surface area contributed by atoms with Gasteiger partial charge in [0.25, 0.3) is 0 Å². The molecule has 0 saturated carbocycles. The van der Waals surface area contributed by atoms with E-state index in [9.17, 15) is 4.79 Å².